The Hall–Kier alpha value is -1.85. The van der Waals surface area contributed by atoms with Gasteiger partial charge in [-0.2, -0.15) is 0 Å². The van der Waals surface area contributed by atoms with Crippen LogP contribution < -0.4 is 10.5 Å². The zero-order chi connectivity index (χ0) is 15.6. The summed E-state index contributed by atoms with van der Waals surface area (Å²) in [6, 6.07) is 12.4. The van der Waals surface area contributed by atoms with Crippen LogP contribution in [0.15, 0.2) is 47.4 Å². The summed E-state index contributed by atoms with van der Waals surface area (Å²) < 4.78 is 27.6. The van der Waals surface area contributed by atoms with Crippen LogP contribution in [0.1, 0.15) is 29.7 Å². The van der Waals surface area contributed by atoms with Gasteiger partial charge in [-0.05, 0) is 55.7 Å². The van der Waals surface area contributed by atoms with Crippen molar-refractivity contribution < 1.29 is 8.42 Å². The average molecular weight is 304 g/mol. The molecule has 3 N–H and O–H groups in total. The average Bonchev–Trinajstić information content (AvgIpc) is 2.41. The number of aryl methyl sites for hydroxylation is 2. The standard InChI is InChI=1S/C16H20N2O2S/c1-11-7-8-12(2)16(9-11)21(19,20)18-15-6-4-5-14(10-15)13(3)17/h4-10,13,18H,17H2,1-3H3. The molecule has 0 radical (unpaired) electrons. The van der Waals surface area contributed by atoms with E-state index >= 15 is 0 Å². The third kappa shape index (κ3) is 3.62. The maximum absolute atomic E-state index is 12.5. The Morgan fingerprint density at radius 3 is 2.48 bits per heavy atom. The van der Waals surface area contributed by atoms with E-state index in [2.05, 4.69) is 4.72 Å². The molecular weight excluding hydrogens is 284 g/mol. The third-order valence-corrected chi connectivity index (χ3v) is 4.82. The van der Waals surface area contributed by atoms with Gasteiger partial charge in [0.05, 0.1) is 4.90 Å². The lowest BCUT2D eigenvalue weighted by molar-refractivity contribution is 0.600. The Balaban J connectivity index is 2.37. The number of nitrogens with one attached hydrogen (secondary N) is 1. The smallest absolute Gasteiger partial charge is 0.262 e. The topological polar surface area (TPSA) is 72.2 Å². The Labute approximate surface area is 126 Å². The molecule has 0 amide bonds. The molecule has 5 heteroatoms. The fourth-order valence-electron chi connectivity index (χ4n) is 2.09. The summed E-state index contributed by atoms with van der Waals surface area (Å²) in [6.45, 7) is 5.51. The monoisotopic (exact) mass is 304 g/mol. The van der Waals surface area contributed by atoms with Gasteiger partial charge < -0.3 is 5.73 Å². The molecule has 4 nitrogen and oxygen atoms in total. The van der Waals surface area contributed by atoms with E-state index < -0.39 is 10.0 Å². The predicted molar refractivity (Wildman–Crippen MR) is 85.8 cm³/mol. The summed E-state index contributed by atoms with van der Waals surface area (Å²) in [5.41, 5.74) is 8.86. The lowest BCUT2D eigenvalue weighted by atomic mass is 10.1. The van der Waals surface area contributed by atoms with E-state index in [-0.39, 0.29) is 6.04 Å². The first-order chi connectivity index (χ1) is 9.79. The van der Waals surface area contributed by atoms with Gasteiger partial charge in [-0.3, -0.25) is 4.72 Å². The number of hydrogen-bond donors (Lipinski definition) is 2. The van der Waals surface area contributed by atoms with Gasteiger partial charge in [-0.1, -0.05) is 24.3 Å². The molecule has 0 saturated carbocycles. The SMILES string of the molecule is Cc1ccc(C)c(S(=O)(=O)Nc2cccc(C(C)N)c2)c1. The Bertz CT molecular complexity index is 753. The fourth-order valence-corrected chi connectivity index (χ4v) is 3.47. The van der Waals surface area contributed by atoms with Crippen LogP contribution in [0.3, 0.4) is 0 Å². The van der Waals surface area contributed by atoms with E-state index in [1.165, 1.54) is 0 Å². The third-order valence-electron chi connectivity index (χ3n) is 3.30. The predicted octanol–water partition coefficient (Wildman–Crippen LogP) is 3.12. The van der Waals surface area contributed by atoms with Gasteiger partial charge in [-0.15, -0.1) is 0 Å². The van der Waals surface area contributed by atoms with Crippen LogP contribution in [0.25, 0.3) is 0 Å². The molecule has 0 fully saturated rings. The second-order valence-electron chi connectivity index (χ2n) is 5.29. The van der Waals surface area contributed by atoms with Crippen molar-refractivity contribution in [1.82, 2.24) is 0 Å². The van der Waals surface area contributed by atoms with Crippen molar-refractivity contribution in [2.45, 2.75) is 31.7 Å². The Morgan fingerprint density at radius 1 is 1.10 bits per heavy atom. The van der Waals surface area contributed by atoms with Gasteiger partial charge in [0.2, 0.25) is 0 Å². The molecular formula is C16H20N2O2S. The van der Waals surface area contributed by atoms with Crippen LogP contribution >= 0.6 is 0 Å². The van der Waals surface area contributed by atoms with Crippen molar-refractivity contribution >= 4 is 15.7 Å². The molecule has 112 valence electrons. The zero-order valence-corrected chi connectivity index (χ0v) is 13.2. The molecule has 2 rings (SSSR count). The normalized spacial score (nSPS) is 13.0. The highest BCUT2D eigenvalue weighted by atomic mass is 32.2. The lowest BCUT2D eigenvalue weighted by Gasteiger charge is -2.13. The van der Waals surface area contributed by atoms with Crippen molar-refractivity contribution in [2.24, 2.45) is 5.73 Å². The highest BCUT2D eigenvalue weighted by molar-refractivity contribution is 7.92. The van der Waals surface area contributed by atoms with Crippen LogP contribution in [-0.4, -0.2) is 8.42 Å². The molecule has 21 heavy (non-hydrogen) atoms. The zero-order valence-electron chi connectivity index (χ0n) is 12.4. The first-order valence-electron chi connectivity index (χ1n) is 6.75. The van der Waals surface area contributed by atoms with Crippen molar-refractivity contribution in [1.29, 1.82) is 0 Å². The molecule has 0 aliphatic rings. The minimum Gasteiger partial charge on any atom is -0.324 e. The summed E-state index contributed by atoms with van der Waals surface area (Å²) in [5.74, 6) is 0. The maximum Gasteiger partial charge on any atom is 0.262 e. The molecule has 0 bridgehead atoms. The number of sulfonamides is 1. The summed E-state index contributed by atoms with van der Waals surface area (Å²) in [5, 5.41) is 0. The van der Waals surface area contributed by atoms with Crippen LogP contribution in [0, 0.1) is 13.8 Å². The van der Waals surface area contributed by atoms with Crippen molar-refractivity contribution in [2.75, 3.05) is 4.72 Å². The second kappa shape index (κ2) is 5.87. The Kier molecular flexibility index (Phi) is 4.34. The molecule has 0 heterocycles. The number of anilines is 1. The number of nitrogens with two attached hydrogens (primary N) is 1. The molecule has 0 aliphatic carbocycles. The van der Waals surface area contributed by atoms with Crippen LogP contribution in [0.4, 0.5) is 5.69 Å². The van der Waals surface area contributed by atoms with Crippen molar-refractivity contribution in [3.8, 4) is 0 Å². The van der Waals surface area contributed by atoms with E-state index in [4.69, 9.17) is 5.73 Å². The van der Waals surface area contributed by atoms with Crippen molar-refractivity contribution in [3.05, 3.63) is 59.2 Å². The van der Waals surface area contributed by atoms with Crippen LogP contribution in [0.2, 0.25) is 0 Å². The summed E-state index contributed by atoms with van der Waals surface area (Å²) >= 11 is 0. The first kappa shape index (κ1) is 15.5. The first-order valence-corrected chi connectivity index (χ1v) is 8.23. The molecule has 2 aromatic carbocycles. The van der Waals surface area contributed by atoms with E-state index in [9.17, 15) is 8.42 Å². The minimum absolute atomic E-state index is 0.143. The van der Waals surface area contributed by atoms with Crippen molar-refractivity contribution in [3.63, 3.8) is 0 Å². The molecule has 2 aromatic rings. The summed E-state index contributed by atoms with van der Waals surface area (Å²) in [6.07, 6.45) is 0. The van der Waals surface area contributed by atoms with E-state index in [1.807, 2.05) is 32.0 Å². The second-order valence-corrected chi connectivity index (χ2v) is 6.94. The molecule has 0 aliphatic heterocycles. The highest BCUT2D eigenvalue weighted by Crippen LogP contribution is 2.22. The van der Waals surface area contributed by atoms with E-state index in [1.54, 1.807) is 31.2 Å². The number of rotatable bonds is 4. The molecule has 1 unspecified atom stereocenters. The van der Waals surface area contributed by atoms with E-state index in [0.29, 0.717) is 10.6 Å². The largest absolute Gasteiger partial charge is 0.324 e. The lowest BCUT2D eigenvalue weighted by Crippen LogP contribution is -2.15. The van der Waals surface area contributed by atoms with E-state index in [0.717, 1.165) is 16.7 Å². The highest BCUT2D eigenvalue weighted by Gasteiger charge is 2.17. The van der Waals surface area contributed by atoms with Gasteiger partial charge >= 0.3 is 0 Å². The minimum atomic E-state index is -3.60. The molecule has 0 spiro atoms. The van der Waals surface area contributed by atoms with Gasteiger partial charge in [0.25, 0.3) is 10.0 Å². The van der Waals surface area contributed by atoms with Gasteiger partial charge in [-0.25, -0.2) is 8.42 Å². The molecule has 0 aromatic heterocycles. The molecule has 1 atom stereocenters. The fraction of sp³-hybridized carbons (Fsp3) is 0.250. The van der Waals surface area contributed by atoms with Gasteiger partial charge in [0, 0.05) is 11.7 Å². The van der Waals surface area contributed by atoms with Gasteiger partial charge in [0.15, 0.2) is 0 Å². The quantitative estimate of drug-likeness (QED) is 0.911. The number of benzene rings is 2. The van der Waals surface area contributed by atoms with Crippen LogP contribution in [-0.2, 0) is 10.0 Å². The summed E-state index contributed by atoms with van der Waals surface area (Å²) in [4.78, 5) is 0.300. The maximum atomic E-state index is 12.5. The Morgan fingerprint density at radius 2 is 1.81 bits per heavy atom. The van der Waals surface area contributed by atoms with Gasteiger partial charge in [0.1, 0.15) is 0 Å². The molecule has 0 saturated heterocycles. The van der Waals surface area contributed by atoms with Crippen LogP contribution in [0.5, 0.6) is 0 Å². The number of hydrogen-bond acceptors (Lipinski definition) is 3. The summed E-state index contributed by atoms with van der Waals surface area (Å²) in [7, 11) is -3.60.